The maximum atomic E-state index is 12.2. The van der Waals surface area contributed by atoms with Gasteiger partial charge in [0.05, 0.1) is 11.5 Å². The maximum absolute atomic E-state index is 12.2. The van der Waals surface area contributed by atoms with Gasteiger partial charge in [-0.25, -0.2) is 4.98 Å². The summed E-state index contributed by atoms with van der Waals surface area (Å²) in [5.41, 5.74) is 5.56. The smallest absolute Gasteiger partial charge is 0.228 e. The van der Waals surface area contributed by atoms with Gasteiger partial charge in [0.15, 0.2) is 0 Å². The first-order chi connectivity index (χ1) is 8.04. The number of amides is 1. The van der Waals surface area contributed by atoms with E-state index in [0.717, 1.165) is 19.3 Å². The highest BCUT2D eigenvalue weighted by Gasteiger charge is 2.43. The number of rotatable bonds is 3. The van der Waals surface area contributed by atoms with Gasteiger partial charge in [-0.15, -0.1) is 0 Å². The van der Waals surface area contributed by atoms with Gasteiger partial charge in [0.25, 0.3) is 0 Å². The summed E-state index contributed by atoms with van der Waals surface area (Å²) in [6.07, 6.45) is 4.21. The average Bonchev–Trinajstić information content (AvgIpc) is 2.90. The van der Waals surface area contributed by atoms with Crippen LogP contribution < -0.4 is 11.1 Å². The van der Waals surface area contributed by atoms with Crippen molar-refractivity contribution in [1.29, 1.82) is 0 Å². The molecule has 17 heavy (non-hydrogen) atoms. The van der Waals surface area contributed by atoms with E-state index >= 15 is 0 Å². The number of H-pyrrole nitrogens is 1. The van der Waals surface area contributed by atoms with E-state index in [2.05, 4.69) is 20.5 Å². The van der Waals surface area contributed by atoms with Crippen molar-refractivity contribution in [1.82, 2.24) is 20.5 Å². The Labute approximate surface area is 100 Å². The number of nitrogens with zero attached hydrogens (tertiary/aromatic N) is 2. The zero-order valence-electron chi connectivity index (χ0n) is 10.2. The van der Waals surface area contributed by atoms with E-state index in [1.807, 2.05) is 13.8 Å². The van der Waals surface area contributed by atoms with E-state index in [4.69, 9.17) is 5.73 Å². The molecule has 4 N–H and O–H groups in total. The van der Waals surface area contributed by atoms with Crippen LogP contribution >= 0.6 is 0 Å². The second kappa shape index (κ2) is 4.44. The molecule has 94 valence electrons. The molecule has 1 aliphatic carbocycles. The van der Waals surface area contributed by atoms with Crippen LogP contribution in [0.25, 0.3) is 0 Å². The lowest BCUT2D eigenvalue weighted by molar-refractivity contribution is -0.131. The quantitative estimate of drug-likeness (QED) is 0.713. The van der Waals surface area contributed by atoms with Crippen molar-refractivity contribution < 1.29 is 4.79 Å². The van der Waals surface area contributed by atoms with E-state index in [9.17, 15) is 4.79 Å². The van der Waals surface area contributed by atoms with Crippen molar-refractivity contribution in [2.24, 2.45) is 11.1 Å². The summed E-state index contributed by atoms with van der Waals surface area (Å²) in [7, 11) is 0. The lowest BCUT2D eigenvalue weighted by Gasteiger charge is -2.28. The Morgan fingerprint density at radius 2 is 2.53 bits per heavy atom. The Hall–Kier alpha value is -1.43. The van der Waals surface area contributed by atoms with Crippen LogP contribution in [0.2, 0.25) is 0 Å². The minimum atomic E-state index is -0.450. The standard InChI is InChI=1S/C11H19N5O/c1-7(9-13-6-14-16-9)15-10(17)11(2)5-3-4-8(11)12/h6-8H,3-5,12H2,1-2H3,(H,15,17)(H,13,14,16). The second-order valence-corrected chi connectivity index (χ2v) is 4.98. The SMILES string of the molecule is CC(NC(=O)C1(C)CCCC1N)c1ncn[nH]1. The van der Waals surface area contributed by atoms with Gasteiger partial charge in [-0.3, -0.25) is 9.89 Å². The van der Waals surface area contributed by atoms with Crippen LogP contribution in [0.1, 0.15) is 45.0 Å². The summed E-state index contributed by atoms with van der Waals surface area (Å²) in [4.78, 5) is 16.3. The molecule has 2 rings (SSSR count). The van der Waals surface area contributed by atoms with Crippen LogP contribution in [0.5, 0.6) is 0 Å². The van der Waals surface area contributed by atoms with E-state index in [0.29, 0.717) is 5.82 Å². The fourth-order valence-electron chi connectivity index (χ4n) is 2.33. The molecule has 0 radical (unpaired) electrons. The third-order valence-electron chi connectivity index (χ3n) is 3.74. The maximum Gasteiger partial charge on any atom is 0.228 e. The van der Waals surface area contributed by atoms with Gasteiger partial charge in [0, 0.05) is 6.04 Å². The van der Waals surface area contributed by atoms with Crippen molar-refractivity contribution in [2.75, 3.05) is 0 Å². The molecule has 3 unspecified atom stereocenters. The highest BCUT2D eigenvalue weighted by atomic mass is 16.2. The number of nitrogens with one attached hydrogen (secondary N) is 2. The number of carbonyl (C=O) groups is 1. The van der Waals surface area contributed by atoms with Crippen LogP contribution in [0.15, 0.2) is 6.33 Å². The third-order valence-corrected chi connectivity index (χ3v) is 3.74. The lowest BCUT2D eigenvalue weighted by Crippen LogP contribution is -2.48. The molecule has 0 bridgehead atoms. The van der Waals surface area contributed by atoms with Crippen molar-refractivity contribution in [2.45, 2.75) is 45.2 Å². The molecule has 3 atom stereocenters. The highest BCUT2D eigenvalue weighted by molar-refractivity contribution is 5.83. The van der Waals surface area contributed by atoms with Gasteiger partial charge in [-0.05, 0) is 26.7 Å². The number of nitrogens with two attached hydrogens (primary N) is 1. The Morgan fingerprint density at radius 3 is 3.06 bits per heavy atom. The molecule has 1 fully saturated rings. The van der Waals surface area contributed by atoms with Crippen molar-refractivity contribution in [3.05, 3.63) is 12.2 Å². The minimum Gasteiger partial charge on any atom is -0.346 e. The Balaban J connectivity index is 2.02. The van der Waals surface area contributed by atoms with Gasteiger partial charge in [0.2, 0.25) is 5.91 Å². The topological polar surface area (TPSA) is 96.7 Å². The van der Waals surface area contributed by atoms with Gasteiger partial charge in [-0.1, -0.05) is 6.42 Å². The first-order valence-corrected chi connectivity index (χ1v) is 5.96. The molecule has 1 heterocycles. The number of aromatic nitrogens is 3. The van der Waals surface area contributed by atoms with Crippen LogP contribution in [0.3, 0.4) is 0 Å². The summed E-state index contributed by atoms with van der Waals surface area (Å²) in [5, 5.41) is 9.46. The molecule has 1 saturated carbocycles. The first kappa shape index (κ1) is 12.0. The molecule has 6 nitrogen and oxygen atoms in total. The number of hydrogen-bond acceptors (Lipinski definition) is 4. The van der Waals surface area contributed by atoms with Crippen molar-refractivity contribution >= 4 is 5.91 Å². The van der Waals surface area contributed by atoms with E-state index in [1.54, 1.807) is 0 Å². The Bertz CT molecular complexity index is 391. The molecule has 1 amide bonds. The van der Waals surface area contributed by atoms with Crippen molar-refractivity contribution in [3.8, 4) is 0 Å². The molecule has 1 aromatic rings. The first-order valence-electron chi connectivity index (χ1n) is 5.96. The largest absolute Gasteiger partial charge is 0.346 e. The summed E-state index contributed by atoms with van der Waals surface area (Å²) < 4.78 is 0. The van der Waals surface area contributed by atoms with Gasteiger partial charge < -0.3 is 11.1 Å². The molecular weight excluding hydrogens is 218 g/mol. The molecule has 6 heteroatoms. The number of aromatic amines is 1. The summed E-state index contributed by atoms with van der Waals surface area (Å²) in [5.74, 6) is 0.667. The van der Waals surface area contributed by atoms with Crippen LogP contribution in [-0.2, 0) is 4.79 Å². The highest BCUT2D eigenvalue weighted by Crippen LogP contribution is 2.37. The molecule has 1 aliphatic rings. The predicted octanol–water partition coefficient (Wildman–Crippen LogP) is 0.499. The molecule has 0 aromatic carbocycles. The molecule has 0 aliphatic heterocycles. The molecular formula is C11H19N5O. The normalized spacial score (nSPS) is 30.2. The van der Waals surface area contributed by atoms with Crippen LogP contribution in [0.4, 0.5) is 0 Å². The average molecular weight is 237 g/mol. The lowest BCUT2D eigenvalue weighted by atomic mass is 9.84. The molecule has 0 spiro atoms. The Kier molecular flexibility index (Phi) is 3.15. The fraction of sp³-hybridized carbons (Fsp3) is 0.727. The zero-order valence-corrected chi connectivity index (χ0v) is 10.2. The monoisotopic (exact) mass is 237 g/mol. The summed E-state index contributed by atoms with van der Waals surface area (Å²) in [6, 6.07) is -0.223. The van der Waals surface area contributed by atoms with Crippen LogP contribution in [-0.4, -0.2) is 27.1 Å². The Morgan fingerprint density at radius 1 is 1.76 bits per heavy atom. The summed E-state index contributed by atoms with van der Waals surface area (Å²) in [6.45, 7) is 3.81. The summed E-state index contributed by atoms with van der Waals surface area (Å²) >= 11 is 0. The van der Waals surface area contributed by atoms with Gasteiger partial charge in [-0.2, -0.15) is 5.10 Å². The van der Waals surface area contributed by atoms with Gasteiger partial charge >= 0.3 is 0 Å². The fourth-order valence-corrected chi connectivity index (χ4v) is 2.33. The minimum absolute atomic E-state index is 0.00593. The molecule has 1 aromatic heterocycles. The predicted molar refractivity (Wildman–Crippen MR) is 62.9 cm³/mol. The van der Waals surface area contributed by atoms with Crippen LogP contribution in [0, 0.1) is 5.41 Å². The van der Waals surface area contributed by atoms with E-state index in [-0.39, 0.29) is 18.0 Å². The van der Waals surface area contributed by atoms with E-state index in [1.165, 1.54) is 6.33 Å². The number of carbonyl (C=O) groups excluding carboxylic acids is 1. The van der Waals surface area contributed by atoms with E-state index < -0.39 is 5.41 Å². The molecule has 0 saturated heterocycles. The van der Waals surface area contributed by atoms with Gasteiger partial charge in [0.1, 0.15) is 12.2 Å². The van der Waals surface area contributed by atoms with Crippen molar-refractivity contribution in [3.63, 3.8) is 0 Å². The second-order valence-electron chi connectivity index (χ2n) is 4.98. The zero-order chi connectivity index (χ0) is 12.5. The number of hydrogen-bond donors (Lipinski definition) is 3. The third kappa shape index (κ3) is 2.17.